The first kappa shape index (κ1) is 24.1. The molecular formula is C29H23F3O3. The summed E-state index contributed by atoms with van der Waals surface area (Å²) in [5, 5.41) is 0. The van der Waals surface area contributed by atoms with Gasteiger partial charge >= 0.3 is 6.18 Å². The van der Waals surface area contributed by atoms with Crippen molar-refractivity contribution in [1.82, 2.24) is 0 Å². The van der Waals surface area contributed by atoms with Gasteiger partial charge in [-0.2, -0.15) is 13.2 Å². The molecule has 0 aliphatic rings. The van der Waals surface area contributed by atoms with Gasteiger partial charge in [0.15, 0.2) is 5.78 Å². The van der Waals surface area contributed by atoms with Gasteiger partial charge in [0.2, 0.25) is 0 Å². The van der Waals surface area contributed by atoms with Crippen LogP contribution in [0.3, 0.4) is 0 Å². The third-order valence-electron chi connectivity index (χ3n) is 5.81. The Morgan fingerprint density at radius 1 is 0.686 bits per heavy atom. The van der Waals surface area contributed by atoms with Crippen molar-refractivity contribution in [2.45, 2.75) is 13.1 Å². The summed E-state index contributed by atoms with van der Waals surface area (Å²) in [5.74, 6) is 0.568. The molecule has 0 spiro atoms. The molecule has 0 fully saturated rings. The molecule has 3 nitrogen and oxygen atoms in total. The highest BCUT2D eigenvalue weighted by Gasteiger charge is 2.34. The zero-order chi connectivity index (χ0) is 25.2. The van der Waals surface area contributed by atoms with E-state index in [1.165, 1.54) is 26.4 Å². The van der Waals surface area contributed by atoms with Crippen molar-refractivity contribution in [1.29, 1.82) is 0 Å². The van der Waals surface area contributed by atoms with E-state index in [-0.39, 0.29) is 16.7 Å². The van der Waals surface area contributed by atoms with Crippen LogP contribution in [0.4, 0.5) is 13.2 Å². The normalized spacial score (nSPS) is 11.3. The summed E-state index contributed by atoms with van der Waals surface area (Å²) in [6.07, 6.45) is -4.63. The molecule has 0 saturated carbocycles. The summed E-state index contributed by atoms with van der Waals surface area (Å²) < 4.78 is 52.9. The molecule has 35 heavy (non-hydrogen) atoms. The number of ether oxygens (including phenoxy) is 2. The maximum absolute atomic E-state index is 14.0. The Hall–Kier alpha value is -4.06. The number of methoxy groups -OCH3 is 2. The number of halogens is 3. The molecule has 0 aliphatic heterocycles. The molecule has 0 atom stereocenters. The number of hydrogen-bond acceptors (Lipinski definition) is 3. The fourth-order valence-electron chi connectivity index (χ4n) is 4.00. The van der Waals surface area contributed by atoms with Crippen LogP contribution in [0.1, 0.15) is 27.0 Å². The van der Waals surface area contributed by atoms with Crippen LogP contribution < -0.4 is 9.47 Å². The quantitative estimate of drug-likeness (QED) is 0.269. The number of hydrogen-bond donors (Lipinski definition) is 0. The van der Waals surface area contributed by atoms with Gasteiger partial charge in [-0.3, -0.25) is 4.79 Å². The fourth-order valence-corrected chi connectivity index (χ4v) is 4.00. The molecule has 0 saturated heterocycles. The first-order valence-corrected chi connectivity index (χ1v) is 10.9. The van der Waals surface area contributed by atoms with Gasteiger partial charge in [0, 0.05) is 22.3 Å². The third kappa shape index (κ3) is 4.92. The zero-order valence-electron chi connectivity index (χ0n) is 19.4. The smallest absolute Gasteiger partial charge is 0.417 e. The van der Waals surface area contributed by atoms with Crippen LogP contribution in [-0.2, 0) is 6.18 Å². The van der Waals surface area contributed by atoms with Gasteiger partial charge < -0.3 is 9.47 Å². The summed E-state index contributed by atoms with van der Waals surface area (Å²) in [7, 11) is 3.05. The van der Waals surface area contributed by atoms with E-state index in [1.807, 2.05) is 25.1 Å². The molecule has 0 N–H and O–H groups in total. The summed E-state index contributed by atoms with van der Waals surface area (Å²) in [6, 6.07) is 22.5. The predicted octanol–water partition coefficient (Wildman–Crippen LogP) is 7.60. The van der Waals surface area contributed by atoms with Crippen LogP contribution in [0.15, 0.2) is 84.9 Å². The van der Waals surface area contributed by atoms with Crippen LogP contribution in [0.2, 0.25) is 0 Å². The minimum Gasteiger partial charge on any atom is -0.496 e. The van der Waals surface area contributed by atoms with E-state index in [0.717, 1.165) is 11.6 Å². The van der Waals surface area contributed by atoms with Crippen molar-refractivity contribution in [3.8, 4) is 33.8 Å². The fraction of sp³-hybridized carbons (Fsp3) is 0.138. The summed E-state index contributed by atoms with van der Waals surface area (Å²) >= 11 is 0. The summed E-state index contributed by atoms with van der Waals surface area (Å²) in [5.41, 5.74) is 2.04. The van der Waals surface area contributed by atoms with E-state index in [4.69, 9.17) is 9.47 Å². The summed E-state index contributed by atoms with van der Waals surface area (Å²) in [4.78, 5) is 13.3. The number of carbonyl (C=O) groups excluding carboxylic acids is 1. The van der Waals surface area contributed by atoms with Gasteiger partial charge in [0.25, 0.3) is 0 Å². The highest BCUT2D eigenvalue weighted by Crippen LogP contribution is 2.39. The number of alkyl halides is 3. The Bertz CT molecular complexity index is 1370. The number of ketones is 1. The van der Waals surface area contributed by atoms with E-state index in [0.29, 0.717) is 28.2 Å². The Balaban J connectivity index is 1.80. The van der Waals surface area contributed by atoms with Crippen LogP contribution in [0.5, 0.6) is 11.5 Å². The van der Waals surface area contributed by atoms with Gasteiger partial charge in [-0.25, -0.2) is 0 Å². The lowest BCUT2D eigenvalue weighted by molar-refractivity contribution is -0.137. The Labute approximate surface area is 201 Å². The molecule has 0 unspecified atom stereocenters. The molecule has 0 aliphatic carbocycles. The lowest BCUT2D eigenvalue weighted by Gasteiger charge is -2.16. The van der Waals surface area contributed by atoms with E-state index in [9.17, 15) is 18.0 Å². The average molecular weight is 476 g/mol. The second-order valence-corrected chi connectivity index (χ2v) is 8.07. The predicted molar refractivity (Wildman–Crippen MR) is 130 cm³/mol. The van der Waals surface area contributed by atoms with E-state index in [2.05, 4.69) is 0 Å². The topological polar surface area (TPSA) is 35.5 Å². The maximum atomic E-state index is 14.0. The second kappa shape index (κ2) is 9.66. The standard InChI is InChI=1S/C29H23F3O3/c1-18-8-10-19(11-9-18)22-14-12-21(17-25(22)29(30,31)32)28(33)20-13-15-27(35-3)24(16-20)23-6-4-5-7-26(23)34-2/h4-17H,1-3H3. The maximum Gasteiger partial charge on any atom is 0.417 e. The second-order valence-electron chi connectivity index (χ2n) is 8.07. The van der Waals surface area contributed by atoms with Crippen molar-refractivity contribution in [3.05, 3.63) is 107 Å². The number of rotatable bonds is 6. The van der Waals surface area contributed by atoms with Crippen LogP contribution in [-0.4, -0.2) is 20.0 Å². The van der Waals surface area contributed by atoms with Crippen molar-refractivity contribution in [2.24, 2.45) is 0 Å². The number of para-hydroxylation sites is 1. The molecular weight excluding hydrogens is 453 g/mol. The molecule has 4 aromatic rings. The van der Waals surface area contributed by atoms with Gasteiger partial charge in [-0.15, -0.1) is 0 Å². The largest absolute Gasteiger partial charge is 0.496 e. The molecule has 0 aromatic heterocycles. The van der Waals surface area contributed by atoms with Crippen molar-refractivity contribution in [3.63, 3.8) is 0 Å². The molecule has 0 amide bonds. The molecule has 4 aromatic carbocycles. The molecule has 178 valence electrons. The number of carbonyl (C=O) groups is 1. The number of aryl methyl sites for hydroxylation is 1. The van der Waals surface area contributed by atoms with Gasteiger partial charge in [0.1, 0.15) is 11.5 Å². The third-order valence-corrected chi connectivity index (χ3v) is 5.81. The van der Waals surface area contributed by atoms with Crippen LogP contribution in [0, 0.1) is 6.92 Å². The first-order valence-electron chi connectivity index (χ1n) is 10.9. The zero-order valence-corrected chi connectivity index (χ0v) is 19.4. The van der Waals surface area contributed by atoms with Crippen LogP contribution in [0.25, 0.3) is 22.3 Å². The van der Waals surface area contributed by atoms with Gasteiger partial charge in [0.05, 0.1) is 19.8 Å². The van der Waals surface area contributed by atoms with E-state index < -0.39 is 17.5 Å². The average Bonchev–Trinajstić information content (AvgIpc) is 2.87. The lowest BCUT2D eigenvalue weighted by atomic mass is 9.92. The Kier molecular flexibility index (Phi) is 6.65. The minimum absolute atomic E-state index is 0.0264. The van der Waals surface area contributed by atoms with Gasteiger partial charge in [-0.05, 0) is 48.4 Å². The highest BCUT2D eigenvalue weighted by atomic mass is 19.4. The van der Waals surface area contributed by atoms with E-state index in [1.54, 1.807) is 48.5 Å². The molecule has 0 bridgehead atoms. The van der Waals surface area contributed by atoms with Crippen molar-refractivity contribution < 1.29 is 27.4 Å². The summed E-state index contributed by atoms with van der Waals surface area (Å²) in [6.45, 7) is 1.87. The molecule has 0 heterocycles. The van der Waals surface area contributed by atoms with Gasteiger partial charge in [-0.1, -0.05) is 60.2 Å². The molecule has 4 rings (SSSR count). The SMILES string of the molecule is COc1ccccc1-c1cc(C(=O)c2ccc(-c3ccc(C)cc3)c(C(F)(F)F)c2)ccc1OC. The van der Waals surface area contributed by atoms with Crippen molar-refractivity contribution in [2.75, 3.05) is 14.2 Å². The Morgan fingerprint density at radius 2 is 1.29 bits per heavy atom. The van der Waals surface area contributed by atoms with Crippen molar-refractivity contribution >= 4 is 5.78 Å². The minimum atomic E-state index is -4.63. The monoisotopic (exact) mass is 476 g/mol. The highest BCUT2D eigenvalue weighted by molar-refractivity contribution is 6.10. The molecule has 0 radical (unpaired) electrons. The van der Waals surface area contributed by atoms with E-state index >= 15 is 0 Å². The number of benzene rings is 4. The van der Waals surface area contributed by atoms with Crippen LogP contribution >= 0.6 is 0 Å². The lowest BCUT2D eigenvalue weighted by Crippen LogP contribution is -2.10. The molecule has 6 heteroatoms. The Morgan fingerprint density at radius 3 is 1.94 bits per heavy atom. The first-order chi connectivity index (χ1) is 16.7.